The van der Waals surface area contributed by atoms with Gasteiger partial charge >= 0.3 is 0 Å². The molecule has 142 valence electrons. The van der Waals surface area contributed by atoms with Crippen LogP contribution in [-0.4, -0.2) is 38.0 Å². The van der Waals surface area contributed by atoms with Crippen LogP contribution in [0.1, 0.15) is 12.8 Å². The third-order valence-electron chi connectivity index (χ3n) is 4.47. The van der Waals surface area contributed by atoms with Crippen LogP contribution in [0.2, 0.25) is 0 Å². The molecule has 1 heterocycles. The molecule has 1 amide bonds. The summed E-state index contributed by atoms with van der Waals surface area (Å²) in [6.45, 7) is 0.769. The van der Waals surface area contributed by atoms with Crippen LogP contribution in [0.5, 0.6) is 0 Å². The fourth-order valence-electron chi connectivity index (χ4n) is 2.92. The van der Waals surface area contributed by atoms with E-state index in [0.29, 0.717) is 37.3 Å². The number of nitrogens with zero attached hydrogens (tertiary/aromatic N) is 3. The molecule has 1 saturated heterocycles. The van der Waals surface area contributed by atoms with Crippen LogP contribution in [0.25, 0.3) is 0 Å². The van der Waals surface area contributed by atoms with Crippen molar-refractivity contribution in [3.8, 4) is 0 Å². The summed E-state index contributed by atoms with van der Waals surface area (Å²) < 4.78 is 24.5. The van der Waals surface area contributed by atoms with Gasteiger partial charge in [0.2, 0.25) is 15.9 Å². The predicted molar refractivity (Wildman–Crippen MR) is 105 cm³/mol. The average molecular weight is 386 g/mol. The topological polar surface area (TPSA) is 91.2 Å². The second kappa shape index (κ2) is 8.41. The van der Waals surface area contributed by atoms with Gasteiger partial charge < -0.3 is 5.32 Å². The van der Waals surface area contributed by atoms with Gasteiger partial charge in [-0.2, -0.15) is 10.2 Å². The second-order valence-electron chi connectivity index (χ2n) is 6.51. The third-order valence-corrected chi connectivity index (χ3v) is 5.77. The molecule has 2 aromatic rings. The van der Waals surface area contributed by atoms with E-state index in [-0.39, 0.29) is 11.8 Å². The first kappa shape index (κ1) is 19.2. The van der Waals surface area contributed by atoms with E-state index in [0.717, 1.165) is 5.69 Å². The van der Waals surface area contributed by atoms with Gasteiger partial charge in [0.15, 0.2) is 0 Å². The van der Waals surface area contributed by atoms with Gasteiger partial charge in [-0.3, -0.25) is 4.79 Å². The molecule has 0 bridgehead atoms. The van der Waals surface area contributed by atoms with Gasteiger partial charge in [-0.15, -0.1) is 0 Å². The van der Waals surface area contributed by atoms with E-state index < -0.39 is 10.0 Å². The Labute approximate surface area is 159 Å². The molecule has 0 unspecified atom stereocenters. The minimum absolute atomic E-state index is 0.0817. The molecular weight excluding hydrogens is 364 g/mol. The second-order valence-corrected chi connectivity index (χ2v) is 8.49. The number of nitrogens with one attached hydrogen (secondary N) is 1. The van der Waals surface area contributed by atoms with E-state index in [1.807, 2.05) is 30.3 Å². The molecule has 1 aliphatic rings. The van der Waals surface area contributed by atoms with Crippen LogP contribution in [0.3, 0.4) is 0 Å². The van der Waals surface area contributed by atoms with E-state index in [1.165, 1.54) is 10.6 Å². The molecule has 3 rings (SSSR count). The highest BCUT2D eigenvalue weighted by Crippen LogP contribution is 2.23. The summed E-state index contributed by atoms with van der Waals surface area (Å²) in [6.07, 6.45) is 2.26. The fraction of sp³-hybridized carbons (Fsp3) is 0.316. The highest BCUT2D eigenvalue weighted by atomic mass is 32.2. The molecule has 1 N–H and O–H groups in total. The SMILES string of the molecule is CS(=O)(=O)N1CCC(C(=O)Nc2ccc(N=Nc3ccccc3)cc2)CC1. The van der Waals surface area contributed by atoms with Crippen LogP contribution in [0, 0.1) is 5.92 Å². The third kappa shape index (κ3) is 5.45. The number of anilines is 1. The summed E-state index contributed by atoms with van der Waals surface area (Å²) in [4.78, 5) is 12.4. The van der Waals surface area contributed by atoms with Gasteiger partial charge in [0.1, 0.15) is 0 Å². The molecular formula is C19H22N4O3S. The maximum Gasteiger partial charge on any atom is 0.227 e. The van der Waals surface area contributed by atoms with E-state index in [1.54, 1.807) is 24.3 Å². The number of hydrogen-bond acceptors (Lipinski definition) is 5. The van der Waals surface area contributed by atoms with Crippen LogP contribution < -0.4 is 5.32 Å². The maximum atomic E-state index is 12.4. The summed E-state index contributed by atoms with van der Waals surface area (Å²) in [5.41, 5.74) is 2.15. The van der Waals surface area contributed by atoms with Crippen molar-refractivity contribution in [2.75, 3.05) is 24.7 Å². The normalized spacial score (nSPS) is 16.5. The Balaban J connectivity index is 1.54. The fourth-order valence-corrected chi connectivity index (χ4v) is 3.79. The van der Waals surface area contributed by atoms with Crippen molar-refractivity contribution in [1.29, 1.82) is 0 Å². The molecule has 2 aromatic carbocycles. The molecule has 8 heteroatoms. The lowest BCUT2D eigenvalue weighted by Gasteiger charge is -2.29. The molecule has 1 aliphatic heterocycles. The van der Waals surface area contributed by atoms with Crippen molar-refractivity contribution in [2.24, 2.45) is 16.1 Å². The average Bonchev–Trinajstić information content (AvgIpc) is 2.68. The lowest BCUT2D eigenvalue weighted by molar-refractivity contribution is -0.120. The van der Waals surface area contributed by atoms with Crippen molar-refractivity contribution < 1.29 is 13.2 Å². The van der Waals surface area contributed by atoms with E-state index >= 15 is 0 Å². The summed E-state index contributed by atoms with van der Waals surface area (Å²) in [5.74, 6) is -0.262. The summed E-state index contributed by atoms with van der Waals surface area (Å²) in [6, 6.07) is 16.6. The first-order valence-corrected chi connectivity index (χ1v) is 10.6. The lowest BCUT2D eigenvalue weighted by atomic mass is 9.97. The summed E-state index contributed by atoms with van der Waals surface area (Å²) >= 11 is 0. The summed E-state index contributed by atoms with van der Waals surface area (Å²) in [5, 5.41) is 11.2. The van der Waals surface area contributed by atoms with E-state index in [2.05, 4.69) is 15.5 Å². The Morgan fingerprint density at radius 3 is 2.07 bits per heavy atom. The largest absolute Gasteiger partial charge is 0.326 e. The first-order chi connectivity index (χ1) is 12.9. The Hall–Kier alpha value is -2.58. The van der Waals surface area contributed by atoms with Crippen LogP contribution in [0.4, 0.5) is 17.1 Å². The van der Waals surface area contributed by atoms with Crippen molar-refractivity contribution in [3.05, 3.63) is 54.6 Å². The molecule has 1 fully saturated rings. The molecule has 0 spiro atoms. The van der Waals surface area contributed by atoms with Crippen molar-refractivity contribution in [3.63, 3.8) is 0 Å². The van der Waals surface area contributed by atoms with E-state index in [4.69, 9.17) is 0 Å². The highest BCUT2D eigenvalue weighted by Gasteiger charge is 2.28. The Morgan fingerprint density at radius 1 is 0.963 bits per heavy atom. The maximum absolute atomic E-state index is 12.4. The standard InChI is InChI=1S/C19H22N4O3S/c1-27(25,26)23-13-11-15(12-14-23)19(24)20-16-7-9-18(10-8-16)22-21-17-5-3-2-4-6-17/h2-10,15H,11-14H2,1H3,(H,20,24). The molecule has 7 nitrogen and oxygen atoms in total. The number of azo groups is 1. The number of piperidine rings is 1. The molecule has 27 heavy (non-hydrogen) atoms. The van der Waals surface area contributed by atoms with Crippen molar-refractivity contribution in [1.82, 2.24) is 4.31 Å². The zero-order valence-electron chi connectivity index (χ0n) is 15.1. The number of rotatable bonds is 5. The predicted octanol–water partition coefficient (Wildman–Crippen LogP) is 3.71. The van der Waals surface area contributed by atoms with Gasteiger partial charge in [-0.1, -0.05) is 18.2 Å². The van der Waals surface area contributed by atoms with Gasteiger partial charge in [-0.25, -0.2) is 12.7 Å². The van der Waals surface area contributed by atoms with Crippen LogP contribution >= 0.6 is 0 Å². The zero-order valence-corrected chi connectivity index (χ0v) is 15.9. The van der Waals surface area contributed by atoms with Gasteiger partial charge in [0, 0.05) is 24.7 Å². The number of carbonyl (C=O) groups excluding carboxylic acids is 1. The molecule has 0 atom stereocenters. The van der Waals surface area contributed by atoms with Crippen LogP contribution in [-0.2, 0) is 14.8 Å². The number of sulfonamides is 1. The highest BCUT2D eigenvalue weighted by molar-refractivity contribution is 7.88. The Bertz CT molecular complexity index is 904. The van der Waals surface area contributed by atoms with E-state index in [9.17, 15) is 13.2 Å². The lowest BCUT2D eigenvalue weighted by Crippen LogP contribution is -2.40. The monoisotopic (exact) mass is 386 g/mol. The van der Waals surface area contributed by atoms with Gasteiger partial charge in [0.25, 0.3) is 0 Å². The molecule has 0 aliphatic carbocycles. The minimum atomic E-state index is -3.18. The Morgan fingerprint density at radius 2 is 1.52 bits per heavy atom. The minimum Gasteiger partial charge on any atom is -0.326 e. The zero-order chi connectivity index (χ0) is 19.3. The molecule has 0 aromatic heterocycles. The number of amides is 1. The van der Waals surface area contributed by atoms with Crippen molar-refractivity contribution in [2.45, 2.75) is 12.8 Å². The van der Waals surface area contributed by atoms with Gasteiger partial charge in [-0.05, 0) is 49.2 Å². The molecule has 0 radical (unpaired) electrons. The van der Waals surface area contributed by atoms with Crippen LogP contribution in [0.15, 0.2) is 64.8 Å². The summed E-state index contributed by atoms with van der Waals surface area (Å²) in [7, 11) is -3.18. The number of benzene rings is 2. The first-order valence-electron chi connectivity index (χ1n) is 8.75. The quantitative estimate of drug-likeness (QED) is 0.794. The number of carbonyl (C=O) groups is 1. The van der Waals surface area contributed by atoms with Gasteiger partial charge in [0.05, 0.1) is 17.6 Å². The number of hydrogen-bond donors (Lipinski definition) is 1. The van der Waals surface area contributed by atoms with Crippen molar-refractivity contribution >= 4 is 33.0 Å². The molecule has 0 saturated carbocycles. The Kier molecular flexibility index (Phi) is 5.98. The smallest absolute Gasteiger partial charge is 0.227 e.